The van der Waals surface area contributed by atoms with E-state index in [1.807, 2.05) is 48.5 Å². The van der Waals surface area contributed by atoms with Crippen LogP contribution in [0.15, 0.2) is 82.4 Å². The van der Waals surface area contributed by atoms with Crippen LogP contribution in [0.5, 0.6) is 0 Å². The third-order valence-corrected chi connectivity index (χ3v) is 12.2. The summed E-state index contributed by atoms with van der Waals surface area (Å²) >= 11 is 3.50. The third-order valence-electron chi connectivity index (χ3n) is 10.1. The number of aryl methyl sites for hydroxylation is 2. The Morgan fingerprint density at radius 2 is 0.920 bits per heavy atom. The van der Waals surface area contributed by atoms with Gasteiger partial charge in [0.1, 0.15) is 0 Å². The first-order valence-electron chi connectivity index (χ1n) is 18.1. The Morgan fingerprint density at radius 1 is 0.480 bits per heavy atom. The Kier molecular flexibility index (Phi) is 9.01. The lowest BCUT2D eigenvalue weighted by atomic mass is 9.79. The molecule has 0 saturated carbocycles. The summed E-state index contributed by atoms with van der Waals surface area (Å²) in [7, 11) is 0. The van der Waals surface area contributed by atoms with Crippen LogP contribution in [0, 0.1) is 23.7 Å². The highest BCUT2D eigenvalue weighted by Gasteiger charge is 2.27. The van der Waals surface area contributed by atoms with E-state index in [1.54, 1.807) is 22.7 Å². The van der Waals surface area contributed by atoms with Crippen molar-refractivity contribution in [1.29, 1.82) is 0 Å². The van der Waals surface area contributed by atoms with Crippen molar-refractivity contribution >= 4 is 65.8 Å². The molecule has 0 bridgehead atoms. The van der Waals surface area contributed by atoms with Crippen LogP contribution in [0.2, 0.25) is 0 Å². The highest BCUT2D eigenvalue weighted by molar-refractivity contribution is 7.12. The second-order valence-electron chi connectivity index (χ2n) is 13.5. The number of hydrogen-bond donors (Lipinski definition) is 0. The Balaban J connectivity index is 1.25. The number of unbranched alkanes of at least 4 members (excludes halogenated alkanes) is 6. The summed E-state index contributed by atoms with van der Waals surface area (Å²) in [5.41, 5.74) is 3.23. The lowest BCUT2D eigenvalue weighted by Crippen LogP contribution is -2.14. The van der Waals surface area contributed by atoms with Gasteiger partial charge in [0.05, 0.1) is 9.75 Å². The van der Waals surface area contributed by atoms with Crippen molar-refractivity contribution in [3.63, 3.8) is 0 Å². The molecule has 0 saturated heterocycles. The SMILES string of the molecule is CCCCCCc1ccc(C#Cc2cc3c4c5c2cccc5c(=O)c2cc(C#Cc5ccc(CCCCCC)s5)c5cccc(c3=O)c5c2-4)s1. The molecule has 8 rings (SSSR count). The molecule has 0 N–H and O–H groups in total. The summed E-state index contributed by atoms with van der Waals surface area (Å²) in [5.74, 6) is 13.6. The van der Waals surface area contributed by atoms with E-state index in [9.17, 15) is 9.59 Å². The number of rotatable bonds is 10. The topological polar surface area (TPSA) is 34.1 Å². The van der Waals surface area contributed by atoms with Crippen LogP contribution in [0.4, 0.5) is 0 Å². The minimum Gasteiger partial charge on any atom is -0.289 e. The van der Waals surface area contributed by atoms with Crippen molar-refractivity contribution in [2.24, 2.45) is 0 Å². The fourth-order valence-corrected chi connectivity index (χ4v) is 9.38. The van der Waals surface area contributed by atoms with E-state index < -0.39 is 0 Å². The molecule has 4 aromatic carbocycles. The molecule has 0 unspecified atom stereocenters. The molecule has 246 valence electrons. The zero-order valence-electron chi connectivity index (χ0n) is 28.6. The van der Waals surface area contributed by atoms with Crippen LogP contribution in [0.3, 0.4) is 0 Å². The summed E-state index contributed by atoms with van der Waals surface area (Å²) in [6.45, 7) is 4.47. The van der Waals surface area contributed by atoms with Gasteiger partial charge in [0.15, 0.2) is 10.9 Å². The predicted molar refractivity (Wildman–Crippen MR) is 215 cm³/mol. The smallest absolute Gasteiger partial charge is 0.194 e. The molecule has 0 radical (unpaired) electrons. The minimum atomic E-state index is -0.0280. The van der Waals surface area contributed by atoms with Crippen LogP contribution in [0.1, 0.15) is 95.8 Å². The van der Waals surface area contributed by atoms with E-state index in [0.29, 0.717) is 21.5 Å². The molecular formula is C46H38O2S2. The van der Waals surface area contributed by atoms with Gasteiger partial charge in [-0.2, -0.15) is 0 Å². The zero-order chi connectivity index (χ0) is 34.2. The Hall–Kier alpha value is -4.74. The van der Waals surface area contributed by atoms with Crippen LogP contribution >= 0.6 is 22.7 Å². The van der Waals surface area contributed by atoms with E-state index in [0.717, 1.165) is 66.4 Å². The van der Waals surface area contributed by atoms with Crippen LogP contribution in [-0.2, 0) is 12.8 Å². The van der Waals surface area contributed by atoms with Gasteiger partial charge >= 0.3 is 0 Å². The van der Waals surface area contributed by atoms with Crippen molar-refractivity contribution in [3.8, 4) is 34.8 Å². The van der Waals surface area contributed by atoms with Crippen molar-refractivity contribution in [2.75, 3.05) is 0 Å². The highest BCUT2D eigenvalue weighted by atomic mass is 32.1. The molecule has 0 atom stereocenters. The minimum absolute atomic E-state index is 0.0280. The van der Waals surface area contributed by atoms with Crippen LogP contribution < -0.4 is 10.9 Å². The number of hydrogen-bond acceptors (Lipinski definition) is 4. The first-order chi connectivity index (χ1) is 24.6. The zero-order valence-corrected chi connectivity index (χ0v) is 30.3. The Morgan fingerprint density at radius 3 is 1.36 bits per heavy atom. The maximum Gasteiger partial charge on any atom is 0.194 e. The largest absolute Gasteiger partial charge is 0.289 e. The predicted octanol–water partition coefficient (Wildman–Crippen LogP) is 11.6. The van der Waals surface area contributed by atoms with E-state index in [1.165, 1.54) is 61.1 Å². The average Bonchev–Trinajstić information content (AvgIpc) is 3.80. The van der Waals surface area contributed by atoms with Crippen molar-refractivity contribution in [1.82, 2.24) is 0 Å². The van der Waals surface area contributed by atoms with Gasteiger partial charge in [-0.05, 0) is 72.9 Å². The van der Waals surface area contributed by atoms with Gasteiger partial charge < -0.3 is 0 Å². The first-order valence-corrected chi connectivity index (χ1v) is 19.7. The average molecular weight is 687 g/mol. The van der Waals surface area contributed by atoms with Crippen molar-refractivity contribution in [3.05, 3.63) is 124 Å². The second kappa shape index (κ2) is 13.9. The van der Waals surface area contributed by atoms with E-state index in [-0.39, 0.29) is 10.9 Å². The Bertz CT molecular complexity index is 2500. The molecule has 2 aliphatic rings. The van der Waals surface area contributed by atoms with E-state index in [4.69, 9.17) is 0 Å². The third kappa shape index (κ3) is 5.82. The number of benzene rings is 6. The molecule has 0 amide bonds. The molecule has 2 nitrogen and oxygen atoms in total. The van der Waals surface area contributed by atoms with Gasteiger partial charge in [0.25, 0.3) is 0 Å². The van der Waals surface area contributed by atoms with Crippen LogP contribution in [0.25, 0.3) is 54.2 Å². The van der Waals surface area contributed by atoms with Crippen molar-refractivity contribution in [2.45, 2.75) is 78.1 Å². The van der Waals surface area contributed by atoms with E-state index in [2.05, 4.69) is 61.8 Å². The normalized spacial score (nSPS) is 11.6. The first kappa shape index (κ1) is 32.5. The van der Waals surface area contributed by atoms with E-state index >= 15 is 0 Å². The summed E-state index contributed by atoms with van der Waals surface area (Å²) in [6, 6.07) is 24.2. The Labute approximate surface area is 301 Å². The van der Waals surface area contributed by atoms with Gasteiger partial charge in [-0.15, -0.1) is 22.7 Å². The molecule has 0 aliphatic heterocycles. The monoisotopic (exact) mass is 686 g/mol. The molecule has 0 spiro atoms. The van der Waals surface area contributed by atoms with Gasteiger partial charge in [-0.3, -0.25) is 9.59 Å². The number of thiophene rings is 2. The quantitative estimate of drug-likeness (QED) is 0.0621. The van der Waals surface area contributed by atoms with Gasteiger partial charge in [-0.1, -0.05) is 112 Å². The molecule has 6 aromatic rings. The molecule has 2 aromatic heterocycles. The fourth-order valence-electron chi connectivity index (χ4n) is 7.57. The molecule has 50 heavy (non-hydrogen) atoms. The molecule has 4 heteroatoms. The molecule has 2 aliphatic carbocycles. The molecule has 2 heterocycles. The fraction of sp³-hybridized carbons (Fsp3) is 0.261. The summed E-state index contributed by atoms with van der Waals surface area (Å²) in [6.07, 6.45) is 12.1. The summed E-state index contributed by atoms with van der Waals surface area (Å²) in [4.78, 5) is 33.5. The maximum absolute atomic E-state index is 14.4. The lowest BCUT2D eigenvalue weighted by molar-refractivity contribution is 0.670. The summed E-state index contributed by atoms with van der Waals surface area (Å²) in [5, 5.41) is 5.98. The second-order valence-corrected chi connectivity index (χ2v) is 15.8. The highest BCUT2D eigenvalue weighted by Crippen LogP contribution is 2.46. The van der Waals surface area contributed by atoms with Gasteiger partial charge in [0.2, 0.25) is 0 Å². The van der Waals surface area contributed by atoms with Gasteiger partial charge in [0, 0.05) is 64.3 Å². The molecule has 0 fully saturated rings. The van der Waals surface area contributed by atoms with Crippen molar-refractivity contribution < 1.29 is 0 Å². The van der Waals surface area contributed by atoms with Gasteiger partial charge in [-0.25, -0.2) is 0 Å². The summed E-state index contributed by atoms with van der Waals surface area (Å²) < 4.78 is 0. The maximum atomic E-state index is 14.4. The standard InChI is InChI=1S/C46H38O2S2/c1-3-5-7-9-13-31-23-25-33(49-31)21-19-29-27-39-43-41-35(29)15-11-17-37(41)46(48)40-28-30(36-16-12-18-38(45(39)47)42(36)44(40)43)20-22-34-26-24-32(50-34)14-10-8-6-4-2/h11-12,15-18,23-28H,3-10,13-14H2,1-2H3. The molecular weight excluding hydrogens is 649 g/mol. The van der Waals surface area contributed by atoms with Crippen LogP contribution in [-0.4, -0.2) is 0 Å². The lowest BCUT2D eigenvalue weighted by Gasteiger charge is -2.21.